The minimum absolute atomic E-state index is 0.0952. The fraction of sp³-hybridized carbons (Fsp3) is 0.875. The van der Waals surface area contributed by atoms with Gasteiger partial charge in [-0.05, 0) is 0 Å². The quantitative estimate of drug-likeness (QED) is 0.271. The summed E-state index contributed by atoms with van der Waals surface area (Å²) in [6.45, 7) is -0.765. The number of aldehydes is 1. The van der Waals surface area contributed by atoms with Crippen LogP contribution < -0.4 is 0 Å². The summed E-state index contributed by atoms with van der Waals surface area (Å²) in [5.41, 5.74) is 0. The normalized spacial score (nSPS) is 46.4. The Hall–Kier alpha value is -0.610. The summed E-state index contributed by atoms with van der Waals surface area (Å²) in [7, 11) is 0. The van der Waals surface area contributed by atoms with E-state index in [0.717, 1.165) is 0 Å². The maximum absolute atomic E-state index is 10.3. The Balaban J connectivity index is 2.98. The van der Waals surface area contributed by atoms with Crippen molar-refractivity contribution in [3.05, 3.63) is 0 Å². The van der Waals surface area contributed by atoms with Crippen molar-refractivity contribution < 1.29 is 40.2 Å². The second-order valence-electron chi connectivity index (χ2n) is 3.60. The number of rotatable bonds is 3. The maximum Gasteiger partial charge on any atom is 0.229 e. The zero-order valence-electron chi connectivity index (χ0n) is 8.17. The van der Waals surface area contributed by atoms with Crippen LogP contribution in [0, 0.1) is 0 Å². The van der Waals surface area contributed by atoms with Crippen molar-refractivity contribution in [3.63, 3.8) is 0 Å². The van der Waals surface area contributed by atoms with Crippen LogP contribution in [-0.4, -0.2) is 79.8 Å². The first kappa shape index (κ1) is 13.5. The smallest absolute Gasteiger partial charge is 0.229 e. The number of hydrogen-bond donors (Lipinski definition) is 6. The minimum atomic E-state index is -2.76. The van der Waals surface area contributed by atoms with Crippen molar-refractivity contribution in [1.82, 2.24) is 0 Å². The molecule has 2 unspecified atom stereocenters. The first-order valence-electron chi connectivity index (χ1n) is 4.57. The van der Waals surface area contributed by atoms with Gasteiger partial charge in [0.15, 0.2) is 12.4 Å². The highest BCUT2D eigenvalue weighted by Gasteiger charge is 2.56. The van der Waals surface area contributed by atoms with E-state index < -0.39 is 42.9 Å². The zero-order chi connectivity index (χ0) is 12.5. The molecule has 6 atom stereocenters. The van der Waals surface area contributed by atoms with E-state index in [0.29, 0.717) is 0 Å². The summed E-state index contributed by atoms with van der Waals surface area (Å²) >= 11 is 0. The van der Waals surface area contributed by atoms with Gasteiger partial charge in [0.25, 0.3) is 0 Å². The highest BCUT2D eigenvalue weighted by atomic mass is 16.7. The number of aliphatic hydroxyl groups is 6. The Bertz CT molecular complexity index is 256. The molecule has 8 nitrogen and oxygen atoms in total. The SMILES string of the molecule is O=CC(O)C1(O)O[C@H](CO)[C@@H](O)[C@H](O)[C@H]1O. The van der Waals surface area contributed by atoms with Gasteiger partial charge in [0, 0.05) is 0 Å². The van der Waals surface area contributed by atoms with Crippen LogP contribution in [0.15, 0.2) is 0 Å². The standard InChI is InChI=1S/C8H14O8/c9-1-3-5(12)6(13)7(14)8(15,16-3)4(11)2-10/h2-7,9,11-15H,1H2/t3-,4?,5-,6+,7-,8?/m1/s1. The monoisotopic (exact) mass is 238 g/mol. The molecule has 0 aliphatic carbocycles. The van der Waals surface area contributed by atoms with Crippen LogP contribution in [0.5, 0.6) is 0 Å². The molecule has 1 rings (SSSR count). The molecule has 0 bridgehead atoms. The largest absolute Gasteiger partial charge is 0.394 e. The lowest BCUT2D eigenvalue weighted by Gasteiger charge is -2.46. The third-order valence-corrected chi connectivity index (χ3v) is 2.55. The molecule has 6 N–H and O–H groups in total. The third kappa shape index (κ3) is 1.96. The summed E-state index contributed by atoms with van der Waals surface area (Å²) in [6.07, 6.45) is -9.20. The summed E-state index contributed by atoms with van der Waals surface area (Å²) in [6, 6.07) is 0. The second-order valence-corrected chi connectivity index (χ2v) is 3.60. The highest BCUT2D eigenvalue weighted by molar-refractivity contribution is 5.57. The number of hydrogen-bond acceptors (Lipinski definition) is 8. The van der Waals surface area contributed by atoms with Crippen LogP contribution in [-0.2, 0) is 9.53 Å². The van der Waals surface area contributed by atoms with Gasteiger partial charge in [0.1, 0.15) is 24.4 Å². The molecule has 1 aliphatic rings. The lowest BCUT2D eigenvalue weighted by atomic mass is 9.90. The van der Waals surface area contributed by atoms with Gasteiger partial charge in [-0.3, -0.25) is 0 Å². The zero-order valence-corrected chi connectivity index (χ0v) is 8.17. The van der Waals surface area contributed by atoms with Crippen molar-refractivity contribution in [2.24, 2.45) is 0 Å². The Labute approximate surface area is 90.3 Å². The average Bonchev–Trinajstić information content (AvgIpc) is 2.30. The summed E-state index contributed by atoms with van der Waals surface area (Å²) in [4.78, 5) is 10.3. The van der Waals surface area contributed by atoms with Crippen LogP contribution in [0.4, 0.5) is 0 Å². The van der Waals surface area contributed by atoms with Gasteiger partial charge in [-0.15, -0.1) is 0 Å². The molecule has 0 aromatic rings. The molecule has 0 spiro atoms. The molecule has 16 heavy (non-hydrogen) atoms. The minimum Gasteiger partial charge on any atom is -0.394 e. The van der Waals surface area contributed by atoms with Gasteiger partial charge < -0.3 is 40.2 Å². The number of aliphatic hydroxyl groups excluding tert-OH is 5. The molecule has 0 amide bonds. The van der Waals surface area contributed by atoms with Gasteiger partial charge >= 0.3 is 0 Å². The summed E-state index contributed by atoms with van der Waals surface area (Å²) in [5, 5.41) is 55.7. The number of carbonyl (C=O) groups is 1. The second kappa shape index (κ2) is 4.72. The van der Waals surface area contributed by atoms with Gasteiger partial charge in [0.05, 0.1) is 6.61 Å². The van der Waals surface area contributed by atoms with E-state index in [1.165, 1.54) is 0 Å². The Kier molecular flexibility index (Phi) is 3.97. The molecule has 8 heteroatoms. The topological polar surface area (TPSA) is 148 Å². The van der Waals surface area contributed by atoms with E-state index in [9.17, 15) is 25.2 Å². The number of ether oxygens (including phenoxy) is 1. The number of carbonyl (C=O) groups excluding carboxylic acids is 1. The molecular formula is C8H14O8. The van der Waals surface area contributed by atoms with E-state index in [-0.39, 0.29) is 6.29 Å². The molecule has 0 aromatic carbocycles. The molecule has 1 saturated heterocycles. The fourth-order valence-corrected chi connectivity index (χ4v) is 1.52. The first-order valence-corrected chi connectivity index (χ1v) is 4.57. The van der Waals surface area contributed by atoms with Crippen LogP contribution in [0.1, 0.15) is 0 Å². The van der Waals surface area contributed by atoms with Crippen molar-refractivity contribution in [3.8, 4) is 0 Å². The fourth-order valence-electron chi connectivity index (χ4n) is 1.52. The van der Waals surface area contributed by atoms with Crippen molar-refractivity contribution >= 4 is 6.29 Å². The molecule has 0 aromatic heterocycles. The van der Waals surface area contributed by atoms with Gasteiger partial charge in [-0.25, -0.2) is 0 Å². The van der Waals surface area contributed by atoms with Crippen molar-refractivity contribution in [2.75, 3.05) is 6.61 Å². The van der Waals surface area contributed by atoms with Crippen LogP contribution in [0.25, 0.3) is 0 Å². The van der Waals surface area contributed by atoms with Crippen LogP contribution in [0.2, 0.25) is 0 Å². The Morgan fingerprint density at radius 2 is 1.88 bits per heavy atom. The third-order valence-electron chi connectivity index (χ3n) is 2.55. The van der Waals surface area contributed by atoms with Gasteiger partial charge in [-0.1, -0.05) is 0 Å². The van der Waals surface area contributed by atoms with Crippen molar-refractivity contribution in [2.45, 2.75) is 36.3 Å². The molecule has 1 heterocycles. The van der Waals surface area contributed by atoms with Crippen LogP contribution in [0.3, 0.4) is 0 Å². The molecule has 94 valence electrons. The maximum atomic E-state index is 10.3. The van der Waals surface area contributed by atoms with E-state index >= 15 is 0 Å². The highest BCUT2D eigenvalue weighted by Crippen LogP contribution is 2.30. The Morgan fingerprint density at radius 3 is 2.31 bits per heavy atom. The lowest BCUT2D eigenvalue weighted by Crippen LogP contribution is -2.69. The van der Waals surface area contributed by atoms with Gasteiger partial charge in [0.2, 0.25) is 5.79 Å². The van der Waals surface area contributed by atoms with E-state index in [2.05, 4.69) is 4.74 Å². The van der Waals surface area contributed by atoms with E-state index in [4.69, 9.17) is 10.2 Å². The lowest BCUT2D eigenvalue weighted by molar-refractivity contribution is -0.368. The van der Waals surface area contributed by atoms with Gasteiger partial charge in [-0.2, -0.15) is 0 Å². The Morgan fingerprint density at radius 1 is 1.31 bits per heavy atom. The first-order chi connectivity index (χ1) is 7.38. The van der Waals surface area contributed by atoms with E-state index in [1.807, 2.05) is 0 Å². The molecular weight excluding hydrogens is 224 g/mol. The summed E-state index contributed by atoms with van der Waals surface area (Å²) < 4.78 is 4.64. The predicted octanol–water partition coefficient (Wildman–Crippen LogP) is -4.29. The summed E-state index contributed by atoms with van der Waals surface area (Å²) in [5.74, 6) is -2.76. The molecule has 1 fully saturated rings. The molecule has 0 saturated carbocycles. The van der Waals surface area contributed by atoms with Crippen molar-refractivity contribution in [1.29, 1.82) is 0 Å². The molecule has 1 aliphatic heterocycles. The van der Waals surface area contributed by atoms with E-state index in [1.54, 1.807) is 0 Å². The predicted molar refractivity (Wildman–Crippen MR) is 47.0 cm³/mol. The molecule has 0 radical (unpaired) electrons. The van der Waals surface area contributed by atoms with Crippen LogP contribution >= 0.6 is 0 Å². The average molecular weight is 238 g/mol.